The van der Waals surface area contributed by atoms with Crippen molar-refractivity contribution in [2.45, 2.75) is 56.9 Å². The fourth-order valence-electron chi connectivity index (χ4n) is 4.55. The lowest BCUT2D eigenvalue weighted by molar-refractivity contribution is -0.101. The van der Waals surface area contributed by atoms with E-state index in [1.807, 2.05) is 12.4 Å². The molecule has 3 aliphatic rings. The van der Waals surface area contributed by atoms with Crippen molar-refractivity contribution in [3.05, 3.63) is 18.2 Å². The Morgan fingerprint density at radius 3 is 2.88 bits per heavy atom. The summed E-state index contributed by atoms with van der Waals surface area (Å²) in [5.41, 5.74) is 0. The molecule has 6 nitrogen and oxygen atoms in total. The summed E-state index contributed by atoms with van der Waals surface area (Å²) in [7, 11) is 2.07. The molecule has 1 aromatic heterocycles. The van der Waals surface area contributed by atoms with Gasteiger partial charge < -0.3 is 18.9 Å². The Kier molecular flexibility index (Phi) is 5.70. The van der Waals surface area contributed by atoms with E-state index in [0.29, 0.717) is 12.1 Å². The zero-order valence-corrected chi connectivity index (χ0v) is 15.5. The summed E-state index contributed by atoms with van der Waals surface area (Å²) in [6, 6.07) is 0.553. The first-order chi connectivity index (χ1) is 12.3. The van der Waals surface area contributed by atoms with E-state index in [-0.39, 0.29) is 6.10 Å². The molecule has 0 N–H and O–H groups in total. The minimum absolute atomic E-state index is 0.285. The molecule has 25 heavy (non-hydrogen) atoms. The van der Waals surface area contributed by atoms with Crippen LogP contribution in [0.5, 0.6) is 0 Å². The first kappa shape index (κ1) is 17.5. The lowest BCUT2D eigenvalue weighted by Gasteiger charge is -2.36. The lowest BCUT2D eigenvalue weighted by atomic mass is 9.99. The third-order valence-electron chi connectivity index (χ3n) is 6.07. The first-order valence-corrected chi connectivity index (χ1v) is 9.95. The third kappa shape index (κ3) is 4.25. The van der Waals surface area contributed by atoms with Crippen molar-refractivity contribution < 1.29 is 9.47 Å². The minimum atomic E-state index is 0.285. The van der Waals surface area contributed by atoms with Gasteiger partial charge in [-0.3, -0.25) is 4.90 Å². The Labute approximate surface area is 151 Å². The summed E-state index contributed by atoms with van der Waals surface area (Å²) < 4.78 is 14.4. The molecule has 4 rings (SSSR count). The number of aromatic nitrogens is 2. The number of nitrogens with zero attached hydrogens (tertiary/aromatic N) is 4. The normalized spacial score (nSPS) is 30.8. The Morgan fingerprint density at radius 2 is 2.08 bits per heavy atom. The number of likely N-dealkylation sites (tertiary alicyclic amines) is 2. The van der Waals surface area contributed by atoms with Gasteiger partial charge in [0.15, 0.2) is 0 Å². The molecule has 4 heterocycles. The summed E-state index contributed by atoms with van der Waals surface area (Å²) >= 11 is 0. The lowest BCUT2D eigenvalue weighted by Crippen LogP contribution is -2.44. The SMILES string of the molecule is Cn1ccnc1CN1CC[C@@H]2O[C@@H](COCCN3CCCC3)CC[C@@H]21. The molecule has 3 aliphatic heterocycles. The number of rotatable bonds is 7. The van der Waals surface area contributed by atoms with Crippen LogP contribution in [0.15, 0.2) is 12.4 Å². The maximum Gasteiger partial charge on any atom is 0.122 e. The molecule has 3 fully saturated rings. The largest absolute Gasteiger partial charge is 0.377 e. The van der Waals surface area contributed by atoms with Gasteiger partial charge in [-0.05, 0) is 45.2 Å². The molecule has 3 atom stereocenters. The Balaban J connectivity index is 1.18. The highest BCUT2D eigenvalue weighted by Crippen LogP contribution is 2.32. The highest BCUT2D eigenvalue weighted by atomic mass is 16.5. The second-order valence-corrected chi connectivity index (χ2v) is 7.78. The first-order valence-electron chi connectivity index (χ1n) is 9.95. The molecule has 0 amide bonds. The third-order valence-corrected chi connectivity index (χ3v) is 6.07. The molecule has 3 saturated heterocycles. The maximum absolute atomic E-state index is 6.35. The van der Waals surface area contributed by atoms with Crippen molar-refractivity contribution in [1.29, 1.82) is 0 Å². The van der Waals surface area contributed by atoms with Crippen molar-refractivity contribution in [2.75, 3.05) is 39.4 Å². The van der Waals surface area contributed by atoms with E-state index in [1.54, 1.807) is 0 Å². The molecule has 0 aromatic carbocycles. The average Bonchev–Trinajstić information content (AvgIpc) is 3.35. The average molecular weight is 348 g/mol. The van der Waals surface area contributed by atoms with E-state index in [0.717, 1.165) is 51.5 Å². The second kappa shape index (κ2) is 8.16. The van der Waals surface area contributed by atoms with Crippen LogP contribution in [-0.4, -0.2) is 77.0 Å². The molecular weight excluding hydrogens is 316 g/mol. The van der Waals surface area contributed by atoms with Crippen LogP contribution in [0.4, 0.5) is 0 Å². The van der Waals surface area contributed by atoms with Gasteiger partial charge in [0, 0.05) is 38.6 Å². The van der Waals surface area contributed by atoms with Crippen LogP contribution in [0.2, 0.25) is 0 Å². The molecule has 6 heteroatoms. The van der Waals surface area contributed by atoms with Crippen LogP contribution >= 0.6 is 0 Å². The van der Waals surface area contributed by atoms with E-state index in [9.17, 15) is 0 Å². The quantitative estimate of drug-likeness (QED) is 0.701. The predicted octanol–water partition coefficient (Wildman–Crippen LogP) is 1.65. The fourth-order valence-corrected chi connectivity index (χ4v) is 4.55. The summed E-state index contributed by atoms with van der Waals surface area (Å²) in [6.07, 6.45) is 10.7. The van der Waals surface area contributed by atoms with Gasteiger partial charge in [0.2, 0.25) is 0 Å². The van der Waals surface area contributed by atoms with Gasteiger partial charge in [-0.2, -0.15) is 0 Å². The van der Waals surface area contributed by atoms with Crippen molar-refractivity contribution >= 4 is 0 Å². The Morgan fingerprint density at radius 1 is 1.20 bits per heavy atom. The summed E-state index contributed by atoms with van der Waals surface area (Å²) in [5.74, 6) is 1.15. The number of aryl methyl sites for hydroxylation is 1. The van der Waals surface area contributed by atoms with Crippen molar-refractivity contribution in [3.63, 3.8) is 0 Å². The highest BCUT2D eigenvalue weighted by Gasteiger charge is 2.40. The number of ether oxygens (including phenoxy) is 2. The number of fused-ring (bicyclic) bond motifs is 1. The molecule has 0 bridgehead atoms. The van der Waals surface area contributed by atoms with Gasteiger partial charge >= 0.3 is 0 Å². The zero-order valence-electron chi connectivity index (χ0n) is 15.5. The number of hydrogen-bond acceptors (Lipinski definition) is 5. The smallest absolute Gasteiger partial charge is 0.122 e. The van der Waals surface area contributed by atoms with E-state index < -0.39 is 0 Å². The molecule has 0 unspecified atom stereocenters. The highest BCUT2D eigenvalue weighted by molar-refractivity contribution is 4.97. The standard InChI is InChI=1S/C19H32N4O2/c1-21-11-7-20-19(21)14-23-10-6-18-17(23)5-4-16(25-18)15-24-13-12-22-8-2-3-9-22/h7,11,16-18H,2-6,8-10,12-15H2,1H3/t16-,17+,18+/m1/s1. The van der Waals surface area contributed by atoms with Gasteiger partial charge in [0.1, 0.15) is 5.82 Å². The van der Waals surface area contributed by atoms with Crippen LogP contribution in [0.3, 0.4) is 0 Å². The summed E-state index contributed by atoms with van der Waals surface area (Å²) in [6.45, 7) is 7.24. The predicted molar refractivity (Wildman–Crippen MR) is 96.4 cm³/mol. The van der Waals surface area contributed by atoms with E-state index >= 15 is 0 Å². The molecule has 140 valence electrons. The fraction of sp³-hybridized carbons (Fsp3) is 0.842. The Bertz CT molecular complexity index is 543. The summed E-state index contributed by atoms with van der Waals surface area (Å²) in [4.78, 5) is 9.53. The van der Waals surface area contributed by atoms with E-state index in [2.05, 4.69) is 26.4 Å². The molecule has 0 radical (unpaired) electrons. The van der Waals surface area contributed by atoms with Crippen LogP contribution in [0.1, 0.15) is 37.9 Å². The van der Waals surface area contributed by atoms with Crippen LogP contribution < -0.4 is 0 Å². The topological polar surface area (TPSA) is 42.8 Å². The van der Waals surface area contributed by atoms with Gasteiger partial charge in [0.25, 0.3) is 0 Å². The van der Waals surface area contributed by atoms with E-state index in [4.69, 9.17) is 9.47 Å². The van der Waals surface area contributed by atoms with Crippen molar-refractivity contribution in [2.24, 2.45) is 7.05 Å². The second-order valence-electron chi connectivity index (χ2n) is 7.78. The van der Waals surface area contributed by atoms with Gasteiger partial charge in [-0.25, -0.2) is 4.98 Å². The van der Waals surface area contributed by atoms with Crippen LogP contribution in [0.25, 0.3) is 0 Å². The molecule has 1 aromatic rings. The van der Waals surface area contributed by atoms with Crippen molar-refractivity contribution in [3.8, 4) is 0 Å². The number of imidazole rings is 1. The number of hydrogen-bond donors (Lipinski definition) is 0. The van der Waals surface area contributed by atoms with Crippen molar-refractivity contribution in [1.82, 2.24) is 19.4 Å². The van der Waals surface area contributed by atoms with Gasteiger partial charge in [0.05, 0.1) is 32.0 Å². The minimum Gasteiger partial charge on any atom is -0.377 e. The molecule has 0 aliphatic carbocycles. The molecule has 0 saturated carbocycles. The van der Waals surface area contributed by atoms with E-state index in [1.165, 1.54) is 32.4 Å². The monoisotopic (exact) mass is 348 g/mol. The van der Waals surface area contributed by atoms with Crippen LogP contribution in [0, 0.1) is 0 Å². The molecule has 0 spiro atoms. The molecular formula is C19H32N4O2. The van der Waals surface area contributed by atoms with Gasteiger partial charge in [-0.15, -0.1) is 0 Å². The zero-order chi connectivity index (χ0) is 17.1. The maximum atomic E-state index is 6.35. The summed E-state index contributed by atoms with van der Waals surface area (Å²) in [5, 5.41) is 0. The van der Waals surface area contributed by atoms with Gasteiger partial charge in [-0.1, -0.05) is 0 Å². The Hall–Kier alpha value is -0.950. The van der Waals surface area contributed by atoms with Crippen LogP contribution in [-0.2, 0) is 23.1 Å².